The number of nitrogen functional groups attached to an aromatic ring is 1. The van der Waals surface area contributed by atoms with Crippen LogP contribution in [0.15, 0.2) is 18.2 Å². The summed E-state index contributed by atoms with van der Waals surface area (Å²) in [4.78, 5) is 5.76. The summed E-state index contributed by atoms with van der Waals surface area (Å²) in [5.41, 5.74) is 11.1. The van der Waals surface area contributed by atoms with E-state index in [2.05, 4.69) is 42.3 Å². The number of hydrogen-bond acceptors (Lipinski definition) is 4. The smallest absolute Gasteiger partial charge is 0.180 e. The number of rotatable bonds is 2. The minimum atomic E-state index is 0.361. The Morgan fingerprint density at radius 1 is 1.32 bits per heavy atom. The molecule has 1 aliphatic rings. The molecule has 0 saturated carbocycles. The fourth-order valence-electron chi connectivity index (χ4n) is 2.88. The molecule has 0 bridgehead atoms. The maximum absolute atomic E-state index is 5.84. The van der Waals surface area contributed by atoms with Crippen LogP contribution in [-0.2, 0) is 12.8 Å². The van der Waals surface area contributed by atoms with Gasteiger partial charge < -0.3 is 11.1 Å². The zero-order valence-electron chi connectivity index (χ0n) is 11.4. The highest BCUT2D eigenvalue weighted by atomic mass is 32.1. The van der Waals surface area contributed by atoms with Crippen molar-refractivity contribution < 1.29 is 0 Å². The maximum Gasteiger partial charge on any atom is 0.180 e. The second-order valence-electron chi connectivity index (χ2n) is 5.32. The van der Waals surface area contributed by atoms with Gasteiger partial charge in [0.2, 0.25) is 0 Å². The summed E-state index contributed by atoms with van der Waals surface area (Å²) in [6.07, 6.45) is 2.00. The lowest BCUT2D eigenvalue weighted by Gasteiger charge is -2.23. The van der Waals surface area contributed by atoms with Gasteiger partial charge >= 0.3 is 0 Å². The van der Waals surface area contributed by atoms with E-state index in [0.717, 1.165) is 19.4 Å². The summed E-state index contributed by atoms with van der Waals surface area (Å²) in [5, 5.41) is 4.28. The first-order valence-corrected chi connectivity index (χ1v) is 7.49. The van der Waals surface area contributed by atoms with Gasteiger partial charge in [0, 0.05) is 23.9 Å². The average Bonchev–Trinajstić information content (AvgIpc) is 2.69. The molecule has 19 heavy (non-hydrogen) atoms. The summed E-state index contributed by atoms with van der Waals surface area (Å²) < 4.78 is 0. The van der Waals surface area contributed by atoms with E-state index in [1.54, 1.807) is 11.3 Å². The molecule has 0 fully saturated rings. The molecule has 1 aromatic heterocycles. The molecule has 4 heteroatoms. The van der Waals surface area contributed by atoms with Crippen molar-refractivity contribution >= 4 is 16.5 Å². The number of hydrogen-bond donors (Lipinski definition) is 2. The Balaban J connectivity index is 1.88. The molecule has 1 aromatic carbocycles. The molecule has 1 atom stereocenters. The first kappa shape index (κ1) is 12.6. The number of aromatic nitrogens is 1. The number of nitrogens with two attached hydrogens (primary N) is 1. The third-order valence-electron chi connectivity index (χ3n) is 3.53. The first-order valence-electron chi connectivity index (χ1n) is 6.67. The summed E-state index contributed by atoms with van der Waals surface area (Å²) in [5.74, 6) is 0. The van der Waals surface area contributed by atoms with E-state index in [0.29, 0.717) is 11.2 Å². The van der Waals surface area contributed by atoms with Crippen molar-refractivity contribution in [2.24, 2.45) is 0 Å². The Morgan fingerprint density at radius 2 is 2.05 bits per heavy atom. The summed E-state index contributed by atoms with van der Waals surface area (Å²) in [6, 6.07) is 7.12. The predicted octanol–water partition coefficient (Wildman–Crippen LogP) is 2.77. The van der Waals surface area contributed by atoms with Gasteiger partial charge in [0.15, 0.2) is 5.13 Å². The minimum Gasteiger partial charge on any atom is -0.375 e. The lowest BCUT2D eigenvalue weighted by molar-refractivity contribution is 0.507. The lowest BCUT2D eigenvalue weighted by atomic mass is 9.97. The highest BCUT2D eigenvalue weighted by Gasteiger charge is 2.23. The van der Waals surface area contributed by atoms with E-state index >= 15 is 0 Å². The molecule has 0 spiro atoms. The zero-order valence-corrected chi connectivity index (χ0v) is 12.2. The normalized spacial score (nSPS) is 18.3. The highest BCUT2D eigenvalue weighted by Crippen LogP contribution is 2.32. The van der Waals surface area contributed by atoms with Crippen molar-refractivity contribution in [1.29, 1.82) is 0 Å². The third-order valence-corrected chi connectivity index (χ3v) is 4.57. The van der Waals surface area contributed by atoms with Crippen LogP contribution < -0.4 is 11.1 Å². The van der Waals surface area contributed by atoms with Crippen LogP contribution in [0.3, 0.4) is 0 Å². The monoisotopic (exact) mass is 273 g/mol. The van der Waals surface area contributed by atoms with Gasteiger partial charge in [0.25, 0.3) is 0 Å². The number of nitrogens with zero attached hydrogens (tertiary/aromatic N) is 1. The quantitative estimate of drug-likeness (QED) is 0.884. The lowest BCUT2D eigenvalue weighted by Crippen LogP contribution is -2.30. The largest absolute Gasteiger partial charge is 0.375 e. The summed E-state index contributed by atoms with van der Waals surface area (Å²) in [7, 11) is 0. The number of benzene rings is 1. The van der Waals surface area contributed by atoms with E-state index in [1.807, 2.05) is 0 Å². The van der Waals surface area contributed by atoms with Crippen LogP contribution in [0.5, 0.6) is 0 Å². The molecule has 0 amide bonds. The van der Waals surface area contributed by atoms with Crippen molar-refractivity contribution in [1.82, 2.24) is 10.3 Å². The van der Waals surface area contributed by atoms with Crippen molar-refractivity contribution in [3.05, 3.63) is 45.5 Å². The molecule has 3 nitrogen and oxygen atoms in total. The van der Waals surface area contributed by atoms with Gasteiger partial charge in [-0.2, -0.15) is 0 Å². The van der Waals surface area contributed by atoms with Crippen LogP contribution in [0.25, 0.3) is 0 Å². The molecule has 3 rings (SSSR count). The van der Waals surface area contributed by atoms with Gasteiger partial charge in [0.1, 0.15) is 0 Å². The molecule has 0 saturated heterocycles. The summed E-state index contributed by atoms with van der Waals surface area (Å²) >= 11 is 1.63. The highest BCUT2D eigenvalue weighted by molar-refractivity contribution is 7.15. The molecule has 100 valence electrons. The number of anilines is 1. The number of fused-ring (bicyclic) bond motifs is 1. The molecule has 2 aromatic rings. The van der Waals surface area contributed by atoms with Crippen LogP contribution in [0.1, 0.15) is 33.3 Å². The number of nitrogens with one attached hydrogen (secondary N) is 1. The maximum atomic E-state index is 5.84. The average molecular weight is 273 g/mol. The Kier molecular flexibility index (Phi) is 3.29. The Morgan fingerprint density at radius 3 is 2.79 bits per heavy atom. The van der Waals surface area contributed by atoms with Crippen LogP contribution in [0.4, 0.5) is 5.13 Å². The molecule has 0 aliphatic carbocycles. The Labute approximate surface area is 117 Å². The predicted molar refractivity (Wildman–Crippen MR) is 80.6 cm³/mol. The van der Waals surface area contributed by atoms with Gasteiger partial charge in [0.05, 0.1) is 5.69 Å². The molecular weight excluding hydrogens is 254 g/mol. The van der Waals surface area contributed by atoms with Gasteiger partial charge in [-0.1, -0.05) is 29.3 Å². The minimum absolute atomic E-state index is 0.361. The number of aryl methyl sites for hydroxylation is 2. The van der Waals surface area contributed by atoms with Gasteiger partial charge in [-0.15, -0.1) is 11.3 Å². The van der Waals surface area contributed by atoms with Gasteiger partial charge in [-0.3, -0.25) is 0 Å². The number of thiazole rings is 1. The fourth-order valence-corrected chi connectivity index (χ4v) is 3.83. The topological polar surface area (TPSA) is 50.9 Å². The SMILES string of the molecule is Cc1cc(C)cc(CC2NCCc3nc(N)sc32)c1. The zero-order chi connectivity index (χ0) is 13.4. The molecular formula is C15H19N3S. The van der Waals surface area contributed by atoms with Crippen molar-refractivity contribution in [2.75, 3.05) is 12.3 Å². The molecule has 2 heterocycles. The van der Waals surface area contributed by atoms with Crippen LogP contribution in [0.2, 0.25) is 0 Å². The molecule has 1 aliphatic heterocycles. The van der Waals surface area contributed by atoms with E-state index in [9.17, 15) is 0 Å². The first-order chi connectivity index (χ1) is 9.11. The molecule has 0 radical (unpaired) electrons. The van der Waals surface area contributed by atoms with Crippen LogP contribution in [-0.4, -0.2) is 11.5 Å². The van der Waals surface area contributed by atoms with E-state index in [4.69, 9.17) is 5.73 Å². The third kappa shape index (κ3) is 2.65. The van der Waals surface area contributed by atoms with E-state index in [-0.39, 0.29) is 0 Å². The molecule has 1 unspecified atom stereocenters. The van der Waals surface area contributed by atoms with Crippen molar-refractivity contribution in [3.8, 4) is 0 Å². The second-order valence-corrected chi connectivity index (χ2v) is 6.38. The van der Waals surface area contributed by atoms with Gasteiger partial charge in [-0.05, 0) is 25.8 Å². The van der Waals surface area contributed by atoms with Crippen LogP contribution in [0, 0.1) is 13.8 Å². The fraction of sp³-hybridized carbons (Fsp3) is 0.400. The van der Waals surface area contributed by atoms with E-state index < -0.39 is 0 Å². The van der Waals surface area contributed by atoms with Crippen molar-refractivity contribution in [2.45, 2.75) is 32.7 Å². The van der Waals surface area contributed by atoms with Crippen LogP contribution >= 0.6 is 11.3 Å². The van der Waals surface area contributed by atoms with E-state index in [1.165, 1.54) is 27.3 Å². The standard InChI is InChI=1S/C15H19N3S/c1-9-5-10(2)7-11(6-9)8-13-14-12(3-4-17-13)18-15(16)19-14/h5-7,13,17H,3-4,8H2,1-2H3,(H2,16,18). The summed E-state index contributed by atoms with van der Waals surface area (Å²) in [6.45, 7) is 5.30. The van der Waals surface area contributed by atoms with Crippen molar-refractivity contribution in [3.63, 3.8) is 0 Å². The second kappa shape index (κ2) is 4.94. The van der Waals surface area contributed by atoms with Gasteiger partial charge in [-0.25, -0.2) is 4.98 Å². The Bertz CT molecular complexity index is 583. The Hall–Kier alpha value is -1.39. The molecule has 3 N–H and O–H groups in total.